The first-order valence-electron chi connectivity index (χ1n) is 9.32. The normalized spacial score (nSPS) is 14.5. The third-order valence-corrected chi connectivity index (χ3v) is 4.74. The molecule has 0 fully saturated rings. The quantitative estimate of drug-likeness (QED) is 0.457. The number of carbonyl (C=O) groups is 1. The molecule has 0 aliphatic carbocycles. The molecule has 2 aromatic rings. The molecule has 0 saturated heterocycles. The summed E-state index contributed by atoms with van der Waals surface area (Å²) in [6, 6.07) is 15.9. The third kappa shape index (κ3) is 6.91. The van der Waals surface area contributed by atoms with Crippen LogP contribution in [0.15, 0.2) is 48.5 Å². The van der Waals surface area contributed by atoms with Gasteiger partial charge in [-0.3, -0.25) is 9.69 Å². The average Bonchev–Trinajstić information content (AvgIpc) is 2.67. The number of hydrogen-bond acceptors (Lipinski definition) is 5. The zero-order valence-electron chi connectivity index (χ0n) is 16.9. The Morgan fingerprint density at radius 3 is 2.46 bits per heavy atom. The maximum atomic E-state index is 11.0. The van der Waals surface area contributed by atoms with Crippen molar-refractivity contribution in [3.8, 4) is 5.75 Å². The molecular formula is C22H29ClN2O3. The van der Waals surface area contributed by atoms with Crippen LogP contribution in [0.2, 0.25) is 5.02 Å². The minimum atomic E-state index is -0.580. The summed E-state index contributed by atoms with van der Waals surface area (Å²) in [6.07, 6.45) is 1.02. The van der Waals surface area contributed by atoms with Gasteiger partial charge in [0.05, 0.1) is 6.10 Å². The second-order valence-electron chi connectivity index (χ2n) is 7.04. The van der Waals surface area contributed by atoms with E-state index in [1.807, 2.05) is 48.5 Å². The molecule has 152 valence electrons. The Labute approximate surface area is 172 Å². The lowest BCUT2D eigenvalue weighted by Crippen LogP contribution is -2.34. The van der Waals surface area contributed by atoms with Crippen molar-refractivity contribution < 1.29 is 14.3 Å². The van der Waals surface area contributed by atoms with E-state index in [0.717, 1.165) is 18.3 Å². The van der Waals surface area contributed by atoms with Crippen LogP contribution in [0.1, 0.15) is 24.2 Å². The van der Waals surface area contributed by atoms with E-state index in [2.05, 4.69) is 12.2 Å². The number of methoxy groups -OCH3 is 1. The van der Waals surface area contributed by atoms with Gasteiger partial charge in [-0.15, -0.1) is 0 Å². The Morgan fingerprint density at radius 2 is 1.89 bits per heavy atom. The molecular weight excluding hydrogens is 376 g/mol. The van der Waals surface area contributed by atoms with Crippen LogP contribution in [0, 0.1) is 0 Å². The highest BCUT2D eigenvalue weighted by molar-refractivity contribution is 6.30. The molecule has 5 nitrogen and oxygen atoms in total. The van der Waals surface area contributed by atoms with Crippen LogP contribution in [0.5, 0.6) is 5.75 Å². The van der Waals surface area contributed by atoms with Gasteiger partial charge in [-0.1, -0.05) is 35.9 Å². The zero-order chi connectivity index (χ0) is 20.5. The van der Waals surface area contributed by atoms with Gasteiger partial charge in [-0.2, -0.15) is 0 Å². The van der Waals surface area contributed by atoms with Crippen LogP contribution in [0.4, 0.5) is 0 Å². The standard InChI is InChI=1S/C22H29ClN2O3/c1-16(24-14-21(27-4)18-6-5-7-19(23)13-18)12-17-8-10-20(11-9-17)28-22(15-26)25(2)3/h5-11,13,15-16,21-22,24H,12,14H2,1-4H3. The number of likely N-dealkylation sites (N-methyl/N-ethyl adjacent to an activating group) is 1. The number of halogens is 1. The zero-order valence-corrected chi connectivity index (χ0v) is 17.6. The smallest absolute Gasteiger partial charge is 0.208 e. The summed E-state index contributed by atoms with van der Waals surface area (Å²) in [4.78, 5) is 12.8. The molecule has 2 aromatic carbocycles. The largest absolute Gasteiger partial charge is 0.468 e. The van der Waals surface area contributed by atoms with Crippen LogP contribution in [-0.2, 0) is 16.0 Å². The third-order valence-electron chi connectivity index (χ3n) is 4.50. The van der Waals surface area contributed by atoms with Gasteiger partial charge >= 0.3 is 0 Å². The molecule has 0 aliphatic rings. The number of nitrogens with one attached hydrogen (secondary N) is 1. The highest BCUT2D eigenvalue weighted by Gasteiger charge is 2.14. The highest BCUT2D eigenvalue weighted by atomic mass is 35.5. The first-order chi connectivity index (χ1) is 13.4. The fraction of sp³-hybridized carbons (Fsp3) is 0.409. The lowest BCUT2D eigenvalue weighted by molar-refractivity contribution is -0.119. The van der Waals surface area contributed by atoms with E-state index in [0.29, 0.717) is 17.3 Å². The van der Waals surface area contributed by atoms with E-state index in [1.54, 1.807) is 26.1 Å². The molecule has 28 heavy (non-hydrogen) atoms. The monoisotopic (exact) mass is 404 g/mol. The van der Waals surface area contributed by atoms with Crippen molar-refractivity contribution in [2.24, 2.45) is 0 Å². The van der Waals surface area contributed by atoms with Gasteiger partial charge in [0.2, 0.25) is 6.23 Å². The van der Waals surface area contributed by atoms with Crippen molar-refractivity contribution >= 4 is 17.9 Å². The molecule has 3 unspecified atom stereocenters. The first kappa shape index (κ1) is 22.4. The Hall–Kier alpha value is -1.92. The van der Waals surface area contributed by atoms with E-state index in [-0.39, 0.29) is 12.1 Å². The van der Waals surface area contributed by atoms with Crippen molar-refractivity contribution in [1.82, 2.24) is 10.2 Å². The van der Waals surface area contributed by atoms with Gasteiger partial charge in [0.1, 0.15) is 5.75 Å². The Balaban J connectivity index is 1.86. The van der Waals surface area contributed by atoms with Crippen molar-refractivity contribution in [2.75, 3.05) is 27.7 Å². The van der Waals surface area contributed by atoms with Gasteiger partial charge in [-0.05, 0) is 62.8 Å². The number of rotatable bonds is 11. The summed E-state index contributed by atoms with van der Waals surface area (Å²) in [5, 5.41) is 4.23. The number of hydrogen-bond donors (Lipinski definition) is 1. The number of aldehydes is 1. The summed E-state index contributed by atoms with van der Waals surface area (Å²) in [5.74, 6) is 0.676. The minimum Gasteiger partial charge on any atom is -0.468 e. The minimum absolute atomic E-state index is 0.0526. The van der Waals surface area contributed by atoms with Gasteiger partial charge in [-0.25, -0.2) is 0 Å². The predicted molar refractivity (Wildman–Crippen MR) is 113 cm³/mol. The molecule has 0 amide bonds. The maximum Gasteiger partial charge on any atom is 0.208 e. The van der Waals surface area contributed by atoms with Gasteiger partial charge in [0.25, 0.3) is 0 Å². The van der Waals surface area contributed by atoms with Crippen LogP contribution < -0.4 is 10.1 Å². The second kappa shape index (κ2) is 11.2. The van der Waals surface area contributed by atoms with Crippen LogP contribution in [0.25, 0.3) is 0 Å². The lowest BCUT2D eigenvalue weighted by atomic mass is 10.1. The molecule has 3 atom stereocenters. The molecule has 0 radical (unpaired) electrons. The van der Waals surface area contributed by atoms with E-state index in [4.69, 9.17) is 21.1 Å². The molecule has 6 heteroatoms. The predicted octanol–water partition coefficient (Wildman–Crippen LogP) is 3.71. The molecule has 0 aromatic heterocycles. The number of benzene rings is 2. The molecule has 0 saturated carbocycles. The van der Waals surface area contributed by atoms with E-state index >= 15 is 0 Å². The van der Waals surface area contributed by atoms with E-state index in [1.165, 1.54) is 5.56 Å². The molecule has 0 spiro atoms. The topological polar surface area (TPSA) is 50.8 Å². The highest BCUT2D eigenvalue weighted by Crippen LogP contribution is 2.20. The number of ether oxygens (including phenoxy) is 2. The second-order valence-corrected chi connectivity index (χ2v) is 7.48. The van der Waals surface area contributed by atoms with Crippen molar-refractivity contribution in [3.05, 3.63) is 64.7 Å². The molecule has 0 heterocycles. The van der Waals surface area contributed by atoms with Crippen molar-refractivity contribution in [3.63, 3.8) is 0 Å². The lowest BCUT2D eigenvalue weighted by Gasteiger charge is -2.21. The Kier molecular flexibility index (Phi) is 8.93. The maximum absolute atomic E-state index is 11.0. The summed E-state index contributed by atoms with van der Waals surface area (Å²) < 4.78 is 11.3. The number of carbonyl (C=O) groups excluding carboxylic acids is 1. The van der Waals surface area contributed by atoms with E-state index in [9.17, 15) is 4.79 Å². The van der Waals surface area contributed by atoms with Crippen LogP contribution >= 0.6 is 11.6 Å². The summed E-state index contributed by atoms with van der Waals surface area (Å²) in [6.45, 7) is 2.84. The van der Waals surface area contributed by atoms with Gasteiger partial charge in [0, 0.05) is 24.7 Å². The molecule has 0 aliphatic heterocycles. The fourth-order valence-electron chi connectivity index (χ4n) is 2.88. The summed E-state index contributed by atoms with van der Waals surface area (Å²) in [7, 11) is 5.31. The fourth-order valence-corrected chi connectivity index (χ4v) is 3.08. The molecule has 0 bridgehead atoms. The summed E-state index contributed by atoms with van der Waals surface area (Å²) in [5.41, 5.74) is 2.25. The first-order valence-corrected chi connectivity index (χ1v) is 9.69. The Bertz CT molecular complexity index is 737. The van der Waals surface area contributed by atoms with Crippen LogP contribution in [-0.4, -0.2) is 51.2 Å². The van der Waals surface area contributed by atoms with E-state index < -0.39 is 6.23 Å². The Morgan fingerprint density at radius 1 is 1.18 bits per heavy atom. The average molecular weight is 405 g/mol. The molecule has 2 rings (SSSR count). The van der Waals surface area contributed by atoms with Crippen molar-refractivity contribution in [2.45, 2.75) is 31.7 Å². The SMILES string of the molecule is COC(CNC(C)Cc1ccc(OC(C=O)N(C)C)cc1)c1cccc(Cl)c1. The summed E-state index contributed by atoms with van der Waals surface area (Å²) >= 11 is 6.08. The van der Waals surface area contributed by atoms with Crippen molar-refractivity contribution in [1.29, 1.82) is 0 Å². The molecule has 1 N–H and O–H groups in total. The van der Waals surface area contributed by atoms with Gasteiger partial charge < -0.3 is 14.8 Å². The number of nitrogens with zero attached hydrogens (tertiary/aromatic N) is 1. The van der Waals surface area contributed by atoms with Crippen LogP contribution in [0.3, 0.4) is 0 Å². The van der Waals surface area contributed by atoms with Gasteiger partial charge in [0.15, 0.2) is 6.29 Å².